The van der Waals surface area contributed by atoms with E-state index < -0.39 is 0 Å². The third kappa shape index (κ3) is 2.58. The summed E-state index contributed by atoms with van der Waals surface area (Å²) in [5.41, 5.74) is 0.904. The fourth-order valence-corrected chi connectivity index (χ4v) is 1.92. The molecule has 1 fully saturated rings. The summed E-state index contributed by atoms with van der Waals surface area (Å²) >= 11 is 0. The van der Waals surface area contributed by atoms with Crippen molar-refractivity contribution in [1.82, 2.24) is 15.6 Å². The molecule has 2 heterocycles. The second kappa shape index (κ2) is 5.07. The first kappa shape index (κ1) is 11.1. The van der Waals surface area contributed by atoms with Crippen LogP contribution in [0.1, 0.15) is 25.1 Å². The van der Waals surface area contributed by atoms with Crippen LogP contribution >= 0.6 is 0 Å². The quantitative estimate of drug-likeness (QED) is 0.793. The fourth-order valence-electron chi connectivity index (χ4n) is 1.92. The number of amides is 1. The van der Waals surface area contributed by atoms with Crippen LogP contribution in [-0.4, -0.2) is 24.0 Å². The normalized spacial score (nSPS) is 21.7. The predicted molar refractivity (Wildman–Crippen MR) is 61.8 cm³/mol. The summed E-state index contributed by atoms with van der Waals surface area (Å²) in [6, 6.07) is 5.72. The molecule has 2 rings (SSSR count). The molecule has 16 heavy (non-hydrogen) atoms. The van der Waals surface area contributed by atoms with E-state index >= 15 is 0 Å². The number of rotatable bonds is 3. The Morgan fingerprint density at radius 2 is 2.50 bits per heavy atom. The van der Waals surface area contributed by atoms with Crippen molar-refractivity contribution in [2.24, 2.45) is 5.92 Å². The molecule has 1 amide bonds. The number of hydrogen-bond acceptors (Lipinski definition) is 3. The molecular weight excluding hydrogens is 202 g/mol. The van der Waals surface area contributed by atoms with Gasteiger partial charge in [0.1, 0.15) is 0 Å². The van der Waals surface area contributed by atoms with Gasteiger partial charge >= 0.3 is 0 Å². The van der Waals surface area contributed by atoms with Gasteiger partial charge in [-0.05, 0) is 32.0 Å². The second-order valence-electron chi connectivity index (χ2n) is 4.17. The average molecular weight is 219 g/mol. The van der Waals surface area contributed by atoms with E-state index in [0.717, 1.165) is 25.2 Å². The molecule has 0 spiro atoms. The molecule has 1 aromatic heterocycles. The molecule has 1 aliphatic heterocycles. The van der Waals surface area contributed by atoms with E-state index in [-0.39, 0.29) is 17.9 Å². The summed E-state index contributed by atoms with van der Waals surface area (Å²) in [5, 5.41) is 6.19. The highest BCUT2D eigenvalue weighted by molar-refractivity contribution is 5.79. The van der Waals surface area contributed by atoms with E-state index in [2.05, 4.69) is 15.6 Å². The van der Waals surface area contributed by atoms with Crippen LogP contribution < -0.4 is 10.6 Å². The molecule has 2 atom stereocenters. The van der Waals surface area contributed by atoms with Gasteiger partial charge in [-0.1, -0.05) is 6.07 Å². The third-order valence-electron chi connectivity index (χ3n) is 2.92. The Balaban J connectivity index is 1.92. The number of carbonyl (C=O) groups is 1. The maximum Gasteiger partial charge on any atom is 0.224 e. The van der Waals surface area contributed by atoms with Crippen LogP contribution in [0.15, 0.2) is 24.4 Å². The summed E-state index contributed by atoms with van der Waals surface area (Å²) in [5.74, 6) is 0.245. The highest BCUT2D eigenvalue weighted by atomic mass is 16.2. The topological polar surface area (TPSA) is 54.0 Å². The van der Waals surface area contributed by atoms with Crippen molar-refractivity contribution in [1.29, 1.82) is 0 Å². The zero-order valence-corrected chi connectivity index (χ0v) is 9.44. The summed E-state index contributed by atoms with van der Waals surface area (Å²) in [6.07, 6.45) is 2.68. The Labute approximate surface area is 95.5 Å². The number of aromatic nitrogens is 1. The van der Waals surface area contributed by atoms with Crippen LogP contribution in [0.2, 0.25) is 0 Å². The standard InChI is InChI=1S/C12H17N3O/c1-9(11-4-2-3-6-14-11)15-12(16)10-5-7-13-8-10/h2-4,6,9-10,13H,5,7-8H2,1H3,(H,15,16)/t9-,10?/m0/s1. The maximum absolute atomic E-state index is 11.9. The molecule has 4 heteroatoms. The predicted octanol–water partition coefficient (Wildman–Crippen LogP) is 0.868. The van der Waals surface area contributed by atoms with E-state index in [1.165, 1.54) is 0 Å². The van der Waals surface area contributed by atoms with Crippen LogP contribution in [0.5, 0.6) is 0 Å². The van der Waals surface area contributed by atoms with Gasteiger partial charge in [0.2, 0.25) is 5.91 Å². The van der Waals surface area contributed by atoms with Crippen LogP contribution in [0.25, 0.3) is 0 Å². The molecule has 0 bridgehead atoms. The summed E-state index contributed by atoms with van der Waals surface area (Å²) in [4.78, 5) is 16.1. The first-order valence-corrected chi connectivity index (χ1v) is 5.69. The van der Waals surface area contributed by atoms with Gasteiger partial charge in [0.15, 0.2) is 0 Å². The SMILES string of the molecule is C[C@H](NC(=O)C1CCNC1)c1ccccn1. The minimum Gasteiger partial charge on any atom is -0.348 e. The highest BCUT2D eigenvalue weighted by Gasteiger charge is 2.23. The van der Waals surface area contributed by atoms with Crippen molar-refractivity contribution in [3.05, 3.63) is 30.1 Å². The van der Waals surface area contributed by atoms with Gasteiger partial charge in [0.05, 0.1) is 17.7 Å². The Bertz CT molecular complexity index is 347. The Hall–Kier alpha value is -1.42. The van der Waals surface area contributed by atoms with Crippen LogP contribution in [-0.2, 0) is 4.79 Å². The maximum atomic E-state index is 11.9. The Morgan fingerprint density at radius 1 is 1.62 bits per heavy atom. The summed E-state index contributed by atoms with van der Waals surface area (Å²) in [7, 11) is 0. The van der Waals surface area contributed by atoms with Crippen LogP contribution in [0.4, 0.5) is 0 Å². The number of nitrogens with one attached hydrogen (secondary N) is 2. The molecule has 86 valence electrons. The van der Waals surface area contributed by atoms with Crippen LogP contribution in [0.3, 0.4) is 0 Å². The molecule has 1 unspecified atom stereocenters. The Morgan fingerprint density at radius 3 is 3.12 bits per heavy atom. The lowest BCUT2D eigenvalue weighted by Gasteiger charge is -2.16. The molecule has 2 N–H and O–H groups in total. The van der Waals surface area contributed by atoms with Crippen molar-refractivity contribution in [2.75, 3.05) is 13.1 Å². The van der Waals surface area contributed by atoms with Crippen molar-refractivity contribution >= 4 is 5.91 Å². The first-order valence-electron chi connectivity index (χ1n) is 5.69. The lowest BCUT2D eigenvalue weighted by Crippen LogP contribution is -2.34. The van der Waals surface area contributed by atoms with Gasteiger partial charge < -0.3 is 10.6 Å². The van der Waals surface area contributed by atoms with Crippen molar-refractivity contribution in [2.45, 2.75) is 19.4 Å². The third-order valence-corrected chi connectivity index (χ3v) is 2.92. The van der Waals surface area contributed by atoms with E-state index in [1.807, 2.05) is 25.1 Å². The monoisotopic (exact) mass is 219 g/mol. The molecule has 1 aliphatic rings. The smallest absolute Gasteiger partial charge is 0.224 e. The number of carbonyl (C=O) groups excluding carboxylic acids is 1. The minimum absolute atomic E-state index is 0.0192. The van der Waals surface area contributed by atoms with Gasteiger partial charge in [0, 0.05) is 12.7 Å². The van der Waals surface area contributed by atoms with E-state index in [4.69, 9.17) is 0 Å². The lowest BCUT2D eigenvalue weighted by molar-refractivity contribution is -0.125. The zero-order chi connectivity index (χ0) is 11.4. The van der Waals surface area contributed by atoms with Gasteiger partial charge in [-0.25, -0.2) is 0 Å². The van der Waals surface area contributed by atoms with Gasteiger partial charge in [-0.2, -0.15) is 0 Å². The largest absolute Gasteiger partial charge is 0.348 e. The lowest BCUT2D eigenvalue weighted by atomic mass is 10.1. The van der Waals surface area contributed by atoms with Gasteiger partial charge in [-0.15, -0.1) is 0 Å². The molecule has 4 nitrogen and oxygen atoms in total. The molecule has 0 saturated carbocycles. The fraction of sp³-hybridized carbons (Fsp3) is 0.500. The molecular formula is C12H17N3O. The first-order chi connectivity index (χ1) is 7.77. The summed E-state index contributed by atoms with van der Waals surface area (Å²) in [6.45, 7) is 3.69. The van der Waals surface area contributed by atoms with Crippen molar-refractivity contribution < 1.29 is 4.79 Å². The Kier molecular flexibility index (Phi) is 3.51. The molecule has 1 saturated heterocycles. The second-order valence-corrected chi connectivity index (χ2v) is 4.17. The van der Waals surface area contributed by atoms with Gasteiger partial charge in [0.25, 0.3) is 0 Å². The zero-order valence-electron chi connectivity index (χ0n) is 9.44. The average Bonchev–Trinajstić information content (AvgIpc) is 2.83. The van der Waals surface area contributed by atoms with E-state index in [1.54, 1.807) is 6.20 Å². The van der Waals surface area contributed by atoms with Crippen molar-refractivity contribution in [3.8, 4) is 0 Å². The van der Waals surface area contributed by atoms with E-state index in [0.29, 0.717) is 0 Å². The van der Waals surface area contributed by atoms with Gasteiger partial charge in [-0.3, -0.25) is 9.78 Å². The minimum atomic E-state index is -0.0192. The molecule has 0 aliphatic carbocycles. The van der Waals surface area contributed by atoms with Crippen LogP contribution in [0, 0.1) is 5.92 Å². The molecule has 0 aromatic carbocycles. The summed E-state index contributed by atoms with van der Waals surface area (Å²) < 4.78 is 0. The van der Waals surface area contributed by atoms with E-state index in [9.17, 15) is 4.79 Å². The number of nitrogens with zero attached hydrogens (tertiary/aromatic N) is 1. The van der Waals surface area contributed by atoms with Crippen molar-refractivity contribution in [3.63, 3.8) is 0 Å². The molecule has 1 aromatic rings. The number of hydrogen-bond donors (Lipinski definition) is 2. The number of pyridine rings is 1. The highest BCUT2D eigenvalue weighted by Crippen LogP contribution is 2.12. The molecule has 0 radical (unpaired) electrons.